The molecule has 0 spiro atoms. The van der Waals surface area contributed by atoms with Crippen LogP contribution in [0.4, 0.5) is 10.1 Å². The SMILES string of the molecule is CCc1c(C)nc2c(C)ccc(F)c2c1NC. The second-order valence-electron chi connectivity index (χ2n) is 4.24. The number of hydrogen-bond acceptors (Lipinski definition) is 2. The second-order valence-corrected chi connectivity index (χ2v) is 4.24. The zero-order chi connectivity index (χ0) is 12.6. The summed E-state index contributed by atoms with van der Waals surface area (Å²) in [5, 5.41) is 3.72. The van der Waals surface area contributed by atoms with Crippen molar-refractivity contribution in [2.24, 2.45) is 0 Å². The van der Waals surface area contributed by atoms with Gasteiger partial charge in [-0.05, 0) is 37.5 Å². The average Bonchev–Trinajstić information content (AvgIpc) is 2.32. The molecule has 17 heavy (non-hydrogen) atoms. The number of aryl methyl sites for hydroxylation is 2. The van der Waals surface area contributed by atoms with E-state index in [0.717, 1.165) is 34.4 Å². The quantitative estimate of drug-likeness (QED) is 0.855. The summed E-state index contributed by atoms with van der Waals surface area (Å²) in [6.45, 7) is 5.99. The van der Waals surface area contributed by atoms with Gasteiger partial charge in [-0.15, -0.1) is 0 Å². The van der Waals surface area contributed by atoms with Crippen LogP contribution in [0, 0.1) is 19.7 Å². The second kappa shape index (κ2) is 4.32. The van der Waals surface area contributed by atoms with Crippen molar-refractivity contribution in [1.82, 2.24) is 4.98 Å². The third kappa shape index (κ3) is 1.75. The molecule has 0 saturated heterocycles. The summed E-state index contributed by atoms with van der Waals surface area (Å²) in [6, 6.07) is 3.28. The zero-order valence-corrected chi connectivity index (χ0v) is 10.7. The molecule has 1 aromatic heterocycles. The number of halogens is 1. The van der Waals surface area contributed by atoms with Crippen molar-refractivity contribution in [2.75, 3.05) is 12.4 Å². The summed E-state index contributed by atoms with van der Waals surface area (Å²) >= 11 is 0. The predicted molar refractivity (Wildman–Crippen MR) is 70.1 cm³/mol. The Labute approximate surface area is 101 Å². The summed E-state index contributed by atoms with van der Waals surface area (Å²) in [7, 11) is 1.83. The predicted octanol–water partition coefficient (Wildman–Crippen LogP) is 3.59. The Morgan fingerprint density at radius 2 is 2.00 bits per heavy atom. The van der Waals surface area contributed by atoms with Gasteiger partial charge in [0.2, 0.25) is 0 Å². The van der Waals surface area contributed by atoms with Gasteiger partial charge < -0.3 is 5.32 Å². The fourth-order valence-corrected chi connectivity index (χ4v) is 2.33. The van der Waals surface area contributed by atoms with Crippen LogP contribution in [0.15, 0.2) is 12.1 Å². The number of nitrogens with one attached hydrogen (secondary N) is 1. The first-order chi connectivity index (χ1) is 8.10. The summed E-state index contributed by atoms with van der Waals surface area (Å²) in [5.41, 5.74) is 4.69. The Balaban J connectivity index is 2.98. The minimum absolute atomic E-state index is 0.211. The van der Waals surface area contributed by atoms with E-state index in [-0.39, 0.29) is 5.82 Å². The third-order valence-corrected chi connectivity index (χ3v) is 3.20. The highest BCUT2D eigenvalue weighted by Gasteiger charge is 2.14. The number of hydrogen-bond donors (Lipinski definition) is 1. The van der Waals surface area contributed by atoms with Gasteiger partial charge in [-0.2, -0.15) is 0 Å². The highest BCUT2D eigenvalue weighted by Crippen LogP contribution is 2.32. The van der Waals surface area contributed by atoms with Gasteiger partial charge in [0.25, 0.3) is 0 Å². The molecule has 0 bridgehead atoms. The van der Waals surface area contributed by atoms with Crippen molar-refractivity contribution in [1.29, 1.82) is 0 Å². The van der Waals surface area contributed by atoms with Crippen LogP contribution in [-0.2, 0) is 6.42 Å². The molecule has 90 valence electrons. The number of fused-ring (bicyclic) bond motifs is 1. The first-order valence-corrected chi connectivity index (χ1v) is 5.86. The highest BCUT2D eigenvalue weighted by molar-refractivity contribution is 5.95. The Kier molecular flexibility index (Phi) is 3.01. The van der Waals surface area contributed by atoms with E-state index in [4.69, 9.17) is 0 Å². The van der Waals surface area contributed by atoms with Crippen LogP contribution in [0.25, 0.3) is 10.9 Å². The maximum absolute atomic E-state index is 14.0. The van der Waals surface area contributed by atoms with Crippen molar-refractivity contribution < 1.29 is 4.39 Å². The molecule has 1 heterocycles. The summed E-state index contributed by atoms with van der Waals surface area (Å²) < 4.78 is 14.0. The van der Waals surface area contributed by atoms with E-state index in [1.165, 1.54) is 6.07 Å². The summed E-state index contributed by atoms with van der Waals surface area (Å²) in [4.78, 5) is 4.54. The van der Waals surface area contributed by atoms with Crippen LogP contribution >= 0.6 is 0 Å². The lowest BCUT2D eigenvalue weighted by Crippen LogP contribution is -2.03. The first-order valence-electron chi connectivity index (χ1n) is 5.86. The van der Waals surface area contributed by atoms with Gasteiger partial charge in [-0.1, -0.05) is 13.0 Å². The van der Waals surface area contributed by atoms with Gasteiger partial charge in [0.1, 0.15) is 5.82 Å². The Morgan fingerprint density at radius 3 is 2.59 bits per heavy atom. The van der Waals surface area contributed by atoms with Crippen LogP contribution in [-0.4, -0.2) is 12.0 Å². The van der Waals surface area contributed by atoms with Crippen LogP contribution in [0.1, 0.15) is 23.7 Å². The van der Waals surface area contributed by atoms with Gasteiger partial charge in [0.15, 0.2) is 0 Å². The smallest absolute Gasteiger partial charge is 0.134 e. The fourth-order valence-electron chi connectivity index (χ4n) is 2.33. The van der Waals surface area contributed by atoms with Crippen molar-refractivity contribution in [3.8, 4) is 0 Å². The molecule has 0 aliphatic carbocycles. The minimum Gasteiger partial charge on any atom is -0.387 e. The number of aromatic nitrogens is 1. The molecule has 2 aromatic rings. The molecule has 2 rings (SSSR count). The normalized spacial score (nSPS) is 10.9. The van der Waals surface area contributed by atoms with E-state index in [0.29, 0.717) is 5.39 Å². The number of rotatable bonds is 2. The van der Waals surface area contributed by atoms with E-state index >= 15 is 0 Å². The Bertz CT molecular complexity index is 576. The van der Waals surface area contributed by atoms with Crippen LogP contribution in [0.5, 0.6) is 0 Å². The molecule has 0 fully saturated rings. The molecule has 0 radical (unpaired) electrons. The minimum atomic E-state index is -0.211. The molecule has 0 atom stereocenters. The molecule has 0 aliphatic heterocycles. The molecule has 1 N–H and O–H groups in total. The van der Waals surface area contributed by atoms with Crippen LogP contribution in [0.3, 0.4) is 0 Å². The molecule has 0 unspecified atom stereocenters. The van der Waals surface area contributed by atoms with Gasteiger partial charge in [0, 0.05) is 12.7 Å². The molecule has 1 aromatic carbocycles. The summed E-state index contributed by atoms with van der Waals surface area (Å²) in [5.74, 6) is -0.211. The largest absolute Gasteiger partial charge is 0.387 e. The average molecular weight is 232 g/mol. The summed E-state index contributed by atoms with van der Waals surface area (Å²) in [6.07, 6.45) is 0.846. The lowest BCUT2D eigenvalue weighted by molar-refractivity contribution is 0.639. The monoisotopic (exact) mass is 232 g/mol. The Morgan fingerprint density at radius 1 is 1.29 bits per heavy atom. The van der Waals surface area contributed by atoms with Gasteiger partial charge in [0.05, 0.1) is 16.6 Å². The van der Waals surface area contributed by atoms with Crippen molar-refractivity contribution in [3.05, 3.63) is 34.8 Å². The zero-order valence-electron chi connectivity index (χ0n) is 10.7. The van der Waals surface area contributed by atoms with E-state index in [1.54, 1.807) is 6.07 Å². The fraction of sp³-hybridized carbons (Fsp3) is 0.357. The van der Waals surface area contributed by atoms with Crippen LogP contribution in [0.2, 0.25) is 0 Å². The maximum Gasteiger partial charge on any atom is 0.134 e. The maximum atomic E-state index is 14.0. The van der Waals surface area contributed by atoms with Crippen LogP contribution < -0.4 is 5.32 Å². The number of anilines is 1. The number of benzene rings is 1. The van der Waals surface area contributed by atoms with E-state index in [1.807, 2.05) is 20.9 Å². The van der Waals surface area contributed by atoms with Gasteiger partial charge in [-0.3, -0.25) is 4.98 Å². The molecular formula is C14H17FN2. The standard InChI is InChI=1S/C14H17FN2/c1-5-10-9(3)17-13-8(2)6-7-11(15)12(13)14(10)16-4/h6-7H,5H2,1-4H3,(H,16,17). The van der Waals surface area contributed by atoms with Crippen molar-refractivity contribution in [3.63, 3.8) is 0 Å². The van der Waals surface area contributed by atoms with Gasteiger partial charge >= 0.3 is 0 Å². The third-order valence-electron chi connectivity index (χ3n) is 3.20. The highest BCUT2D eigenvalue weighted by atomic mass is 19.1. The van der Waals surface area contributed by atoms with E-state index in [2.05, 4.69) is 17.2 Å². The molecule has 2 nitrogen and oxygen atoms in total. The molecule has 0 aliphatic rings. The van der Waals surface area contributed by atoms with E-state index < -0.39 is 0 Å². The lowest BCUT2D eigenvalue weighted by Gasteiger charge is -2.15. The lowest BCUT2D eigenvalue weighted by atomic mass is 10.0. The van der Waals surface area contributed by atoms with Crippen molar-refractivity contribution in [2.45, 2.75) is 27.2 Å². The molecule has 0 saturated carbocycles. The molecular weight excluding hydrogens is 215 g/mol. The van der Waals surface area contributed by atoms with Crippen molar-refractivity contribution >= 4 is 16.6 Å². The molecule has 3 heteroatoms. The number of nitrogens with zero attached hydrogens (tertiary/aromatic N) is 1. The van der Waals surface area contributed by atoms with E-state index in [9.17, 15) is 4.39 Å². The van der Waals surface area contributed by atoms with Gasteiger partial charge in [-0.25, -0.2) is 4.39 Å². The Hall–Kier alpha value is -1.64. The first kappa shape index (κ1) is 11.8. The molecule has 0 amide bonds. The topological polar surface area (TPSA) is 24.9 Å². The number of pyridine rings is 1.